The molecule has 3 N–H and O–H groups in total. The van der Waals surface area contributed by atoms with Crippen LogP contribution in [-0.4, -0.2) is 51.5 Å². The molecule has 0 radical (unpaired) electrons. The van der Waals surface area contributed by atoms with E-state index in [2.05, 4.69) is 15.2 Å². The number of hydrogen-bond donors (Lipinski definition) is 2. The first-order valence-electron chi connectivity index (χ1n) is 6.02. The molecule has 1 unspecified atom stereocenters. The molecule has 2 rings (SSSR count). The zero-order valence-electron chi connectivity index (χ0n) is 11.7. The zero-order valence-corrected chi connectivity index (χ0v) is 13.3. The molecule has 1 fully saturated rings. The number of pyridine rings is 1. The van der Waals surface area contributed by atoms with E-state index in [1.807, 2.05) is 0 Å². The Bertz CT molecular complexity index is 407. The number of hydrogen-bond acceptors (Lipinski definition) is 6. The lowest BCUT2D eigenvalue weighted by molar-refractivity contribution is 0.170. The molecule has 8 heteroatoms. The summed E-state index contributed by atoms with van der Waals surface area (Å²) >= 11 is 0. The average molecular weight is 325 g/mol. The van der Waals surface area contributed by atoms with Crippen molar-refractivity contribution in [3.8, 4) is 5.75 Å². The van der Waals surface area contributed by atoms with E-state index in [0.29, 0.717) is 12.4 Å². The molecule has 0 saturated carbocycles. The molecule has 1 saturated heterocycles. The van der Waals surface area contributed by atoms with Gasteiger partial charge >= 0.3 is 0 Å². The van der Waals surface area contributed by atoms with Crippen molar-refractivity contribution >= 4 is 36.3 Å². The Kier molecular flexibility index (Phi) is 8.64. The molecule has 1 aliphatic heterocycles. The van der Waals surface area contributed by atoms with Crippen molar-refractivity contribution in [2.24, 2.45) is 0 Å². The molecular formula is C12H22Cl2N4O2. The van der Waals surface area contributed by atoms with Crippen molar-refractivity contribution in [2.45, 2.75) is 6.04 Å². The average Bonchev–Trinajstić information content (AvgIpc) is 2.40. The fraction of sp³-hybridized carbons (Fsp3) is 0.583. The molecule has 0 spiro atoms. The standard InChI is InChI=1S/C12H20N4O2.2ClH/c1-17-8-9-6-14-3-4-16(9)10-7-15-12(13)5-11(10)18-2;;/h5,7,9,14H,3-4,6,8H2,1-2H3,(H2,13,15);2*1H. The van der Waals surface area contributed by atoms with Crippen LogP contribution in [0.15, 0.2) is 12.3 Å². The van der Waals surface area contributed by atoms with Crippen LogP contribution in [0.2, 0.25) is 0 Å². The predicted octanol–water partition coefficient (Wildman–Crippen LogP) is 0.941. The van der Waals surface area contributed by atoms with Gasteiger partial charge in [-0.05, 0) is 0 Å². The molecular weight excluding hydrogens is 303 g/mol. The van der Waals surface area contributed by atoms with Crippen molar-refractivity contribution in [1.29, 1.82) is 0 Å². The third kappa shape index (κ3) is 4.28. The number of halogens is 2. The van der Waals surface area contributed by atoms with Crippen molar-refractivity contribution in [3.63, 3.8) is 0 Å². The summed E-state index contributed by atoms with van der Waals surface area (Å²) in [4.78, 5) is 6.41. The first kappa shape index (κ1) is 19.1. The molecule has 0 aliphatic carbocycles. The van der Waals surface area contributed by atoms with Crippen LogP contribution in [0.3, 0.4) is 0 Å². The van der Waals surface area contributed by atoms with Crippen LogP contribution in [0.1, 0.15) is 0 Å². The Morgan fingerprint density at radius 1 is 1.45 bits per heavy atom. The molecule has 20 heavy (non-hydrogen) atoms. The maximum Gasteiger partial charge on any atom is 0.147 e. The predicted molar refractivity (Wildman–Crippen MR) is 85.6 cm³/mol. The number of aromatic nitrogens is 1. The fourth-order valence-electron chi connectivity index (χ4n) is 2.24. The highest BCUT2D eigenvalue weighted by molar-refractivity contribution is 5.85. The Morgan fingerprint density at radius 2 is 2.20 bits per heavy atom. The Morgan fingerprint density at radius 3 is 2.85 bits per heavy atom. The fourth-order valence-corrected chi connectivity index (χ4v) is 2.24. The second kappa shape index (κ2) is 9.07. The first-order valence-corrected chi connectivity index (χ1v) is 6.02. The topological polar surface area (TPSA) is 72.6 Å². The molecule has 1 aromatic rings. The van der Waals surface area contributed by atoms with E-state index in [4.69, 9.17) is 15.2 Å². The number of nitrogen functional groups attached to an aromatic ring is 1. The number of rotatable bonds is 4. The lowest BCUT2D eigenvalue weighted by Gasteiger charge is -2.37. The largest absolute Gasteiger partial charge is 0.494 e. The molecule has 2 heterocycles. The lowest BCUT2D eigenvalue weighted by atomic mass is 10.1. The molecule has 1 aliphatic rings. The van der Waals surface area contributed by atoms with Gasteiger partial charge in [0, 0.05) is 32.8 Å². The summed E-state index contributed by atoms with van der Waals surface area (Å²) in [6, 6.07) is 2.03. The Hall–Kier alpha value is -0.950. The molecule has 1 atom stereocenters. The van der Waals surface area contributed by atoms with E-state index in [-0.39, 0.29) is 30.9 Å². The second-order valence-electron chi connectivity index (χ2n) is 4.29. The van der Waals surface area contributed by atoms with E-state index in [1.165, 1.54) is 0 Å². The van der Waals surface area contributed by atoms with Crippen molar-refractivity contribution in [2.75, 3.05) is 51.1 Å². The summed E-state index contributed by atoms with van der Waals surface area (Å²) in [5, 5.41) is 3.36. The maximum absolute atomic E-state index is 5.68. The van der Waals surface area contributed by atoms with Gasteiger partial charge in [-0.3, -0.25) is 0 Å². The summed E-state index contributed by atoms with van der Waals surface area (Å²) in [6.45, 7) is 3.39. The number of anilines is 2. The summed E-state index contributed by atoms with van der Waals surface area (Å²) in [7, 11) is 3.36. The van der Waals surface area contributed by atoms with Crippen LogP contribution < -0.4 is 20.7 Å². The minimum Gasteiger partial charge on any atom is -0.494 e. The number of nitrogens with two attached hydrogens (primary N) is 1. The summed E-state index contributed by atoms with van der Waals surface area (Å²) in [6.07, 6.45) is 1.77. The van der Waals surface area contributed by atoms with Gasteiger partial charge in [-0.25, -0.2) is 4.98 Å². The highest BCUT2D eigenvalue weighted by Gasteiger charge is 2.25. The van der Waals surface area contributed by atoms with Crippen LogP contribution in [0.4, 0.5) is 11.5 Å². The summed E-state index contributed by atoms with van der Waals surface area (Å²) in [5.41, 5.74) is 6.65. The van der Waals surface area contributed by atoms with E-state index < -0.39 is 0 Å². The number of nitrogens with one attached hydrogen (secondary N) is 1. The third-order valence-electron chi connectivity index (χ3n) is 3.11. The van der Waals surface area contributed by atoms with Gasteiger partial charge in [0.15, 0.2) is 0 Å². The van der Waals surface area contributed by atoms with Crippen molar-refractivity contribution < 1.29 is 9.47 Å². The van der Waals surface area contributed by atoms with Gasteiger partial charge in [-0.2, -0.15) is 0 Å². The number of nitrogens with zero attached hydrogens (tertiary/aromatic N) is 2. The SMILES string of the molecule is COCC1CNCCN1c1cnc(N)cc1OC.Cl.Cl. The normalized spacial score (nSPS) is 17.9. The summed E-state index contributed by atoms with van der Waals surface area (Å²) < 4.78 is 10.6. The highest BCUT2D eigenvalue weighted by atomic mass is 35.5. The molecule has 6 nitrogen and oxygen atoms in total. The van der Waals surface area contributed by atoms with Gasteiger partial charge in [0.2, 0.25) is 0 Å². The Balaban J connectivity index is 0.00000180. The van der Waals surface area contributed by atoms with Crippen LogP contribution in [0, 0.1) is 0 Å². The molecule has 1 aromatic heterocycles. The molecule has 0 amide bonds. The highest BCUT2D eigenvalue weighted by Crippen LogP contribution is 2.30. The third-order valence-corrected chi connectivity index (χ3v) is 3.11. The van der Waals surface area contributed by atoms with Gasteiger partial charge < -0.3 is 25.4 Å². The van der Waals surface area contributed by atoms with Gasteiger partial charge in [0.25, 0.3) is 0 Å². The minimum absolute atomic E-state index is 0. The van der Waals surface area contributed by atoms with E-state index in [9.17, 15) is 0 Å². The molecule has 0 aromatic carbocycles. The van der Waals surface area contributed by atoms with E-state index in [1.54, 1.807) is 26.5 Å². The zero-order chi connectivity index (χ0) is 13.0. The van der Waals surface area contributed by atoms with Gasteiger partial charge in [-0.1, -0.05) is 0 Å². The molecule has 0 bridgehead atoms. The van der Waals surface area contributed by atoms with Crippen LogP contribution >= 0.6 is 24.8 Å². The quantitative estimate of drug-likeness (QED) is 0.858. The number of methoxy groups -OCH3 is 2. The van der Waals surface area contributed by atoms with E-state index in [0.717, 1.165) is 31.1 Å². The first-order chi connectivity index (χ1) is 8.76. The number of piperazine rings is 1. The smallest absolute Gasteiger partial charge is 0.147 e. The van der Waals surface area contributed by atoms with Crippen LogP contribution in [0.25, 0.3) is 0 Å². The Labute approximate surface area is 131 Å². The van der Waals surface area contributed by atoms with Crippen LogP contribution in [0.5, 0.6) is 5.75 Å². The van der Waals surface area contributed by atoms with Crippen molar-refractivity contribution in [1.82, 2.24) is 10.3 Å². The summed E-state index contributed by atoms with van der Waals surface area (Å²) in [5.74, 6) is 1.22. The van der Waals surface area contributed by atoms with Gasteiger partial charge in [0.1, 0.15) is 11.6 Å². The van der Waals surface area contributed by atoms with Crippen molar-refractivity contribution in [3.05, 3.63) is 12.3 Å². The molecule has 116 valence electrons. The lowest BCUT2D eigenvalue weighted by Crippen LogP contribution is -2.53. The minimum atomic E-state index is 0. The maximum atomic E-state index is 5.68. The van der Waals surface area contributed by atoms with Crippen LogP contribution in [-0.2, 0) is 4.74 Å². The number of ether oxygens (including phenoxy) is 2. The van der Waals surface area contributed by atoms with E-state index >= 15 is 0 Å². The monoisotopic (exact) mass is 324 g/mol. The van der Waals surface area contributed by atoms with Gasteiger partial charge in [-0.15, -0.1) is 24.8 Å². The second-order valence-corrected chi connectivity index (χ2v) is 4.29. The van der Waals surface area contributed by atoms with Gasteiger partial charge in [0.05, 0.1) is 31.6 Å².